The average Bonchev–Trinajstić information content (AvgIpc) is 2.46. The highest BCUT2D eigenvalue weighted by Crippen LogP contribution is 2.21. The average molecular weight is 293 g/mol. The molecular formula is C14H13ClN2O3. The number of hydrogen-bond acceptors (Lipinski definition) is 4. The summed E-state index contributed by atoms with van der Waals surface area (Å²) in [5.74, 6) is -0.513. The Morgan fingerprint density at radius 2 is 2.20 bits per heavy atom. The molecule has 0 radical (unpaired) electrons. The van der Waals surface area contributed by atoms with Crippen molar-refractivity contribution in [3.05, 3.63) is 52.7 Å². The van der Waals surface area contributed by atoms with Crippen molar-refractivity contribution < 1.29 is 14.6 Å². The summed E-state index contributed by atoms with van der Waals surface area (Å²) in [7, 11) is 1.54. The highest BCUT2D eigenvalue weighted by Gasteiger charge is 2.10. The van der Waals surface area contributed by atoms with Crippen LogP contribution in [-0.2, 0) is 6.54 Å². The molecule has 104 valence electrons. The summed E-state index contributed by atoms with van der Waals surface area (Å²) in [5.41, 5.74) is 1.58. The number of benzene rings is 1. The summed E-state index contributed by atoms with van der Waals surface area (Å²) in [5, 5.41) is 12.6. The van der Waals surface area contributed by atoms with E-state index >= 15 is 0 Å². The van der Waals surface area contributed by atoms with Crippen LogP contribution < -0.4 is 10.1 Å². The maximum absolute atomic E-state index is 11.2. The highest BCUT2D eigenvalue weighted by atomic mass is 35.5. The molecule has 1 aromatic heterocycles. The third-order valence-corrected chi connectivity index (χ3v) is 2.94. The first-order valence-corrected chi connectivity index (χ1v) is 6.23. The van der Waals surface area contributed by atoms with Crippen LogP contribution in [-0.4, -0.2) is 23.2 Å². The van der Waals surface area contributed by atoms with E-state index in [4.69, 9.17) is 21.4 Å². The van der Waals surface area contributed by atoms with E-state index in [1.807, 2.05) is 6.07 Å². The molecule has 2 aromatic rings. The summed E-state index contributed by atoms with van der Waals surface area (Å²) >= 11 is 5.80. The summed E-state index contributed by atoms with van der Waals surface area (Å²) in [4.78, 5) is 15.2. The van der Waals surface area contributed by atoms with Gasteiger partial charge in [0.2, 0.25) is 5.88 Å². The lowest BCUT2D eigenvalue weighted by Crippen LogP contribution is -2.06. The number of carbonyl (C=O) groups is 1. The molecule has 0 spiro atoms. The first-order valence-electron chi connectivity index (χ1n) is 5.86. The smallest absolute Gasteiger partial charge is 0.337 e. The quantitative estimate of drug-likeness (QED) is 0.886. The molecule has 20 heavy (non-hydrogen) atoms. The molecule has 0 unspecified atom stereocenters. The lowest BCUT2D eigenvalue weighted by atomic mass is 10.1. The van der Waals surface area contributed by atoms with Gasteiger partial charge >= 0.3 is 5.97 Å². The molecule has 2 N–H and O–H groups in total. The fourth-order valence-corrected chi connectivity index (χ4v) is 1.89. The van der Waals surface area contributed by atoms with Gasteiger partial charge in [-0.05, 0) is 29.8 Å². The van der Waals surface area contributed by atoms with Crippen LogP contribution in [0.3, 0.4) is 0 Å². The van der Waals surface area contributed by atoms with E-state index in [9.17, 15) is 4.79 Å². The molecule has 1 heterocycles. The van der Waals surface area contributed by atoms with Gasteiger partial charge in [0.1, 0.15) is 0 Å². The number of hydrogen-bond donors (Lipinski definition) is 2. The van der Waals surface area contributed by atoms with Crippen LogP contribution in [0, 0.1) is 0 Å². The minimum atomic E-state index is -1.03. The molecule has 0 bridgehead atoms. The number of carboxylic acid groups (broad SMARTS) is 1. The van der Waals surface area contributed by atoms with Gasteiger partial charge in [0.15, 0.2) is 0 Å². The topological polar surface area (TPSA) is 71.5 Å². The van der Waals surface area contributed by atoms with Gasteiger partial charge in [-0.1, -0.05) is 11.6 Å². The van der Waals surface area contributed by atoms with E-state index < -0.39 is 5.97 Å². The van der Waals surface area contributed by atoms with Crippen LogP contribution in [0.5, 0.6) is 5.88 Å². The van der Waals surface area contributed by atoms with E-state index in [2.05, 4.69) is 10.3 Å². The molecule has 0 saturated carbocycles. The Kier molecular flexibility index (Phi) is 4.42. The summed E-state index contributed by atoms with van der Waals surface area (Å²) < 4.78 is 5.03. The Labute approximate surface area is 121 Å². The van der Waals surface area contributed by atoms with Gasteiger partial charge in [0.05, 0.1) is 12.7 Å². The molecule has 0 aliphatic heterocycles. The first-order chi connectivity index (χ1) is 9.60. The van der Waals surface area contributed by atoms with Crippen molar-refractivity contribution in [3.63, 3.8) is 0 Å². The zero-order valence-corrected chi connectivity index (χ0v) is 11.5. The normalized spacial score (nSPS) is 10.1. The number of nitrogens with one attached hydrogen (secondary N) is 1. The second kappa shape index (κ2) is 6.25. The predicted molar refractivity (Wildman–Crippen MR) is 76.5 cm³/mol. The zero-order chi connectivity index (χ0) is 14.5. The minimum Gasteiger partial charge on any atom is -0.481 e. The number of halogens is 1. The monoisotopic (exact) mass is 292 g/mol. The molecule has 1 aromatic carbocycles. The van der Waals surface area contributed by atoms with E-state index in [0.29, 0.717) is 23.1 Å². The Hall–Kier alpha value is -2.27. The zero-order valence-electron chi connectivity index (χ0n) is 10.8. The molecular weight excluding hydrogens is 280 g/mol. The molecule has 2 rings (SSSR count). The second-order valence-corrected chi connectivity index (χ2v) is 4.49. The molecule has 0 fully saturated rings. The molecule has 5 nitrogen and oxygen atoms in total. The number of nitrogens with zero attached hydrogens (tertiary/aromatic N) is 1. The Balaban J connectivity index is 2.16. The SMILES string of the molecule is COc1cc(CNc2ccc(Cl)cc2C(=O)O)ccn1. The van der Waals surface area contributed by atoms with Gasteiger partial charge in [-0.3, -0.25) is 0 Å². The third-order valence-electron chi connectivity index (χ3n) is 2.70. The largest absolute Gasteiger partial charge is 0.481 e. The minimum absolute atomic E-state index is 0.138. The molecule has 6 heteroatoms. The molecule has 0 atom stereocenters. The van der Waals surface area contributed by atoms with E-state index in [1.54, 1.807) is 31.5 Å². The Bertz CT molecular complexity index is 632. The van der Waals surface area contributed by atoms with Gasteiger partial charge in [0, 0.05) is 29.5 Å². The number of ether oxygens (including phenoxy) is 1. The van der Waals surface area contributed by atoms with Gasteiger partial charge in [-0.2, -0.15) is 0 Å². The number of rotatable bonds is 5. The van der Waals surface area contributed by atoms with Crippen molar-refractivity contribution in [1.29, 1.82) is 0 Å². The van der Waals surface area contributed by atoms with Gasteiger partial charge in [0.25, 0.3) is 0 Å². The Morgan fingerprint density at radius 1 is 1.40 bits per heavy atom. The number of aromatic carboxylic acids is 1. The summed E-state index contributed by atoms with van der Waals surface area (Å²) in [6.45, 7) is 0.459. The molecule has 0 aliphatic carbocycles. The van der Waals surface area contributed by atoms with Crippen LogP contribution in [0.25, 0.3) is 0 Å². The van der Waals surface area contributed by atoms with Crippen molar-refractivity contribution >= 4 is 23.3 Å². The summed E-state index contributed by atoms with van der Waals surface area (Å²) in [6.07, 6.45) is 1.63. The van der Waals surface area contributed by atoms with Crippen LogP contribution >= 0.6 is 11.6 Å². The first kappa shape index (κ1) is 14.1. The van der Waals surface area contributed by atoms with Gasteiger partial charge < -0.3 is 15.2 Å². The molecule has 0 aliphatic rings. The van der Waals surface area contributed by atoms with E-state index in [1.165, 1.54) is 6.07 Å². The second-order valence-electron chi connectivity index (χ2n) is 4.06. The fraction of sp³-hybridized carbons (Fsp3) is 0.143. The maximum atomic E-state index is 11.2. The van der Waals surface area contributed by atoms with Gasteiger partial charge in [-0.25, -0.2) is 9.78 Å². The third kappa shape index (κ3) is 3.39. The van der Waals surface area contributed by atoms with Crippen molar-refractivity contribution in [2.45, 2.75) is 6.54 Å². The van der Waals surface area contributed by atoms with Crippen LogP contribution in [0.2, 0.25) is 5.02 Å². The fourth-order valence-electron chi connectivity index (χ4n) is 1.72. The van der Waals surface area contributed by atoms with Crippen LogP contribution in [0.15, 0.2) is 36.5 Å². The molecule has 0 amide bonds. The lowest BCUT2D eigenvalue weighted by molar-refractivity contribution is 0.0698. The number of methoxy groups -OCH3 is 1. The van der Waals surface area contributed by atoms with Crippen LogP contribution in [0.1, 0.15) is 15.9 Å². The van der Waals surface area contributed by atoms with E-state index in [0.717, 1.165) is 5.56 Å². The standard InChI is InChI=1S/C14H13ClN2O3/c1-20-13-6-9(4-5-16-13)8-17-12-3-2-10(15)7-11(12)14(18)19/h2-7,17H,8H2,1H3,(H,18,19). The number of anilines is 1. The predicted octanol–water partition coefficient (Wildman–Crippen LogP) is 3.05. The van der Waals surface area contributed by atoms with Crippen molar-refractivity contribution in [1.82, 2.24) is 4.98 Å². The number of carboxylic acids is 1. The lowest BCUT2D eigenvalue weighted by Gasteiger charge is -2.10. The van der Waals surface area contributed by atoms with Crippen molar-refractivity contribution in [2.75, 3.05) is 12.4 Å². The van der Waals surface area contributed by atoms with Crippen LogP contribution in [0.4, 0.5) is 5.69 Å². The number of pyridine rings is 1. The number of aromatic nitrogens is 1. The van der Waals surface area contributed by atoms with E-state index in [-0.39, 0.29) is 5.56 Å². The van der Waals surface area contributed by atoms with Crippen molar-refractivity contribution in [3.8, 4) is 5.88 Å². The Morgan fingerprint density at radius 3 is 2.90 bits per heavy atom. The molecule has 0 saturated heterocycles. The van der Waals surface area contributed by atoms with Crippen molar-refractivity contribution in [2.24, 2.45) is 0 Å². The highest BCUT2D eigenvalue weighted by molar-refractivity contribution is 6.31. The van der Waals surface area contributed by atoms with Gasteiger partial charge in [-0.15, -0.1) is 0 Å². The summed E-state index contributed by atoms with van der Waals surface area (Å²) in [6, 6.07) is 8.31. The maximum Gasteiger partial charge on any atom is 0.337 e.